The Balaban J connectivity index is 2.14. The molecule has 1 unspecified atom stereocenters. The Hall–Kier alpha value is -0.890. The summed E-state index contributed by atoms with van der Waals surface area (Å²) in [5.74, 6) is 0. The molecule has 0 radical (unpaired) electrons. The van der Waals surface area contributed by atoms with Crippen LogP contribution in [0.1, 0.15) is 18.4 Å². The maximum Gasteiger partial charge on any atom is 0.0649 e. The van der Waals surface area contributed by atoms with Crippen LogP contribution in [0.25, 0.3) is 0 Å². The predicted octanol–water partition coefficient (Wildman–Crippen LogP) is 3.04. The molecule has 2 nitrogen and oxygen atoms in total. The number of rotatable bonds is 0. The summed E-state index contributed by atoms with van der Waals surface area (Å²) in [6.07, 6.45) is 2.61. The molecule has 1 aromatic carbocycles. The number of nitrogens with one attached hydrogen (secondary N) is 1. The lowest BCUT2D eigenvalue weighted by molar-refractivity contribution is 0.681. The van der Waals surface area contributed by atoms with Crippen molar-refractivity contribution in [1.29, 1.82) is 0 Å². The van der Waals surface area contributed by atoms with E-state index in [2.05, 4.69) is 23.2 Å². The van der Waals surface area contributed by atoms with E-state index >= 15 is 0 Å². The second-order valence-electron chi connectivity index (χ2n) is 4.44. The average molecular weight is 223 g/mol. The fourth-order valence-corrected chi connectivity index (χ4v) is 2.91. The van der Waals surface area contributed by atoms with Crippen molar-refractivity contribution in [2.24, 2.45) is 0 Å². The molecule has 0 saturated carbocycles. The summed E-state index contributed by atoms with van der Waals surface area (Å²) in [6, 6.07) is 4.76. The van der Waals surface area contributed by atoms with Crippen LogP contribution in [0.5, 0.6) is 0 Å². The fourth-order valence-electron chi connectivity index (χ4n) is 2.76. The number of fused-ring (bicyclic) bond motifs is 3. The molecule has 1 saturated heterocycles. The lowest BCUT2D eigenvalue weighted by Gasteiger charge is -2.36. The largest absolute Gasteiger partial charge is 0.381 e. The SMILES string of the molecule is Cc1c(Cl)ccc2c1N1CCCC1CN2. The van der Waals surface area contributed by atoms with E-state index in [9.17, 15) is 0 Å². The summed E-state index contributed by atoms with van der Waals surface area (Å²) >= 11 is 6.18. The van der Waals surface area contributed by atoms with E-state index in [1.807, 2.05) is 6.07 Å². The van der Waals surface area contributed by atoms with Crippen LogP contribution in [0.15, 0.2) is 12.1 Å². The average Bonchev–Trinajstić information content (AvgIpc) is 2.70. The summed E-state index contributed by atoms with van der Waals surface area (Å²) in [6.45, 7) is 4.37. The molecule has 1 atom stereocenters. The third kappa shape index (κ3) is 1.31. The first-order chi connectivity index (χ1) is 7.27. The highest BCUT2D eigenvalue weighted by Crippen LogP contribution is 2.40. The topological polar surface area (TPSA) is 15.3 Å². The van der Waals surface area contributed by atoms with Gasteiger partial charge in [-0.1, -0.05) is 11.6 Å². The van der Waals surface area contributed by atoms with Crippen LogP contribution < -0.4 is 10.2 Å². The van der Waals surface area contributed by atoms with Crippen molar-refractivity contribution < 1.29 is 0 Å². The van der Waals surface area contributed by atoms with Gasteiger partial charge in [-0.15, -0.1) is 0 Å². The Bertz CT molecular complexity index is 403. The van der Waals surface area contributed by atoms with Crippen LogP contribution in [0, 0.1) is 6.92 Å². The van der Waals surface area contributed by atoms with Gasteiger partial charge in [-0.05, 0) is 37.5 Å². The molecule has 1 N–H and O–H groups in total. The molecular formula is C12H15ClN2. The highest BCUT2D eigenvalue weighted by atomic mass is 35.5. The number of nitrogens with zero attached hydrogens (tertiary/aromatic N) is 1. The van der Waals surface area contributed by atoms with Gasteiger partial charge in [0.2, 0.25) is 0 Å². The normalized spacial score (nSPS) is 23.3. The molecule has 15 heavy (non-hydrogen) atoms. The summed E-state index contributed by atoms with van der Waals surface area (Å²) in [4.78, 5) is 2.52. The first-order valence-electron chi connectivity index (χ1n) is 5.57. The molecule has 2 aliphatic heterocycles. The van der Waals surface area contributed by atoms with Crippen molar-refractivity contribution in [3.05, 3.63) is 22.7 Å². The molecular weight excluding hydrogens is 208 g/mol. The Kier molecular flexibility index (Phi) is 2.06. The number of hydrogen-bond donors (Lipinski definition) is 1. The van der Waals surface area contributed by atoms with Gasteiger partial charge in [0, 0.05) is 24.2 Å². The zero-order valence-electron chi connectivity index (χ0n) is 8.89. The lowest BCUT2D eigenvalue weighted by atomic mass is 10.1. The zero-order valence-corrected chi connectivity index (χ0v) is 9.64. The predicted molar refractivity (Wildman–Crippen MR) is 65.0 cm³/mol. The number of hydrogen-bond acceptors (Lipinski definition) is 2. The van der Waals surface area contributed by atoms with Crippen LogP contribution in [0.4, 0.5) is 11.4 Å². The molecule has 0 aromatic heterocycles. The Morgan fingerprint density at radius 2 is 2.33 bits per heavy atom. The van der Waals surface area contributed by atoms with Gasteiger partial charge in [-0.3, -0.25) is 0 Å². The Morgan fingerprint density at radius 3 is 3.20 bits per heavy atom. The van der Waals surface area contributed by atoms with E-state index in [-0.39, 0.29) is 0 Å². The van der Waals surface area contributed by atoms with Gasteiger partial charge in [0.15, 0.2) is 0 Å². The van der Waals surface area contributed by atoms with Crippen LogP contribution in [-0.2, 0) is 0 Å². The molecule has 0 amide bonds. The van der Waals surface area contributed by atoms with Gasteiger partial charge in [-0.25, -0.2) is 0 Å². The zero-order chi connectivity index (χ0) is 10.4. The molecule has 80 valence electrons. The molecule has 1 aromatic rings. The van der Waals surface area contributed by atoms with Crippen molar-refractivity contribution >= 4 is 23.0 Å². The van der Waals surface area contributed by atoms with Crippen LogP contribution in [0.2, 0.25) is 5.02 Å². The molecule has 0 bridgehead atoms. The lowest BCUT2D eigenvalue weighted by Crippen LogP contribution is -2.39. The summed E-state index contributed by atoms with van der Waals surface area (Å²) < 4.78 is 0. The summed E-state index contributed by atoms with van der Waals surface area (Å²) in [7, 11) is 0. The van der Waals surface area contributed by atoms with E-state index in [1.54, 1.807) is 0 Å². The van der Waals surface area contributed by atoms with E-state index in [4.69, 9.17) is 11.6 Å². The molecule has 3 heteroatoms. The van der Waals surface area contributed by atoms with Gasteiger partial charge in [0.1, 0.15) is 0 Å². The molecule has 2 heterocycles. The minimum absolute atomic E-state index is 0.676. The molecule has 3 rings (SSSR count). The number of benzene rings is 1. The third-order valence-corrected chi connectivity index (χ3v) is 3.97. The molecule has 1 fully saturated rings. The Morgan fingerprint density at radius 1 is 1.47 bits per heavy atom. The quantitative estimate of drug-likeness (QED) is 0.726. The maximum atomic E-state index is 6.18. The van der Waals surface area contributed by atoms with Crippen LogP contribution in [-0.4, -0.2) is 19.1 Å². The van der Waals surface area contributed by atoms with Gasteiger partial charge < -0.3 is 10.2 Å². The van der Waals surface area contributed by atoms with Crippen molar-refractivity contribution in [2.75, 3.05) is 23.3 Å². The number of halogens is 1. The minimum atomic E-state index is 0.676. The van der Waals surface area contributed by atoms with Crippen LogP contribution >= 0.6 is 11.6 Å². The molecule has 0 aliphatic carbocycles. The first kappa shape index (κ1) is 9.34. The van der Waals surface area contributed by atoms with Gasteiger partial charge in [0.05, 0.1) is 11.4 Å². The fraction of sp³-hybridized carbons (Fsp3) is 0.500. The third-order valence-electron chi connectivity index (χ3n) is 3.56. The highest BCUT2D eigenvalue weighted by molar-refractivity contribution is 6.32. The van der Waals surface area contributed by atoms with Crippen molar-refractivity contribution in [3.8, 4) is 0 Å². The van der Waals surface area contributed by atoms with Gasteiger partial charge >= 0.3 is 0 Å². The molecule has 0 spiro atoms. The maximum absolute atomic E-state index is 6.18. The van der Waals surface area contributed by atoms with Crippen molar-refractivity contribution in [1.82, 2.24) is 0 Å². The minimum Gasteiger partial charge on any atom is -0.381 e. The smallest absolute Gasteiger partial charge is 0.0649 e. The second kappa shape index (κ2) is 3.31. The van der Waals surface area contributed by atoms with Crippen molar-refractivity contribution in [2.45, 2.75) is 25.8 Å². The van der Waals surface area contributed by atoms with E-state index in [1.165, 1.54) is 36.3 Å². The van der Waals surface area contributed by atoms with E-state index in [0.717, 1.165) is 11.6 Å². The Labute approximate surface area is 95.2 Å². The monoisotopic (exact) mass is 222 g/mol. The number of anilines is 2. The van der Waals surface area contributed by atoms with Gasteiger partial charge in [-0.2, -0.15) is 0 Å². The van der Waals surface area contributed by atoms with Crippen LogP contribution in [0.3, 0.4) is 0 Å². The highest BCUT2D eigenvalue weighted by Gasteiger charge is 2.31. The van der Waals surface area contributed by atoms with Gasteiger partial charge in [0.25, 0.3) is 0 Å². The van der Waals surface area contributed by atoms with E-state index in [0.29, 0.717) is 6.04 Å². The summed E-state index contributed by atoms with van der Waals surface area (Å²) in [5.41, 5.74) is 3.79. The first-order valence-corrected chi connectivity index (χ1v) is 5.95. The van der Waals surface area contributed by atoms with Crippen molar-refractivity contribution in [3.63, 3.8) is 0 Å². The molecule has 2 aliphatic rings. The standard InChI is InChI=1S/C12H15ClN2/c1-8-10(13)4-5-11-12(8)15-6-2-3-9(15)7-14-11/h4-5,9,14H,2-3,6-7H2,1H3. The summed E-state index contributed by atoms with van der Waals surface area (Å²) in [5, 5.41) is 4.38. The van der Waals surface area contributed by atoms with E-state index < -0.39 is 0 Å². The second-order valence-corrected chi connectivity index (χ2v) is 4.85.